The van der Waals surface area contributed by atoms with Crippen LogP contribution in [0.4, 0.5) is 0 Å². The highest BCUT2D eigenvalue weighted by molar-refractivity contribution is 6.00. The van der Waals surface area contributed by atoms with Gasteiger partial charge >= 0.3 is 0 Å². The van der Waals surface area contributed by atoms with Crippen molar-refractivity contribution in [3.8, 4) is 5.75 Å². The molecule has 1 aromatic heterocycles. The summed E-state index contributed by atoms with van der Waals surface area (Å²) in [7, 11) is 0. The summed E-state index contributed by atoms with van der Waals surface area (Å²) < 4.78 is 8.03. The summed E-state index contributed by atoms with van der Waals surface area (Å²) in [4.78, 5) is 39.7. The molecule has 31 heavy (non-hydrogen) atoms. The SMILES string of the molecule is Cc1ccn(CCNC(=O)[C@@H](C)N2CC[C@]3(CCC2=O)CC(=O)c2ccccc2O3)n1. The monoisotopic (exact) mass is 424 g/mol. The molecule has 8 nitrogen and oxygen atoms in total. The topological polar surface area (TPSA) is 93.5 Å². The zero-order valence-corrected chi connectivity index (χ0v) is 18.0. The van der Waals surface area contributed by atoms with Gasteiger partial charge in [0.1, 0.15) is 17.4 Å². The molecule has 164 valence electrons. The van der Waals surface area contributed by atoms with Gasteiger partial charge in [0.15, 0.2) is 5.78 Å². The number of hydrogen-bond acceptors (Lipinski definition) is 5. The first kappa shape index (κ1) is 21.1. The molecule has 2 aliphatic rings. The third kappa shape index (κ3) is 4.47. The second-order valence-corrected chi connectivity index (χ2v) is 8.41. The zero-order chi connectivity index (χ0) is 22.0. The predicted molar refractivity (Wildman–Crippen MR) is 114 cm³/mol. The van der Waals surface area contributed by atoms with Crippen molar-refractivity contribution in [2.45, 2.75) is 57.7 Å². The summed E-state index contributed by atoms with van der Waals surface area (Å²) in [6, 6.07) is 8.56. The van der Waals surface area contributed by atoms with Crippen molar-refractivity contribution in [2.75, 3.05) is 13.1 Å². The molecule has 0 unspecified atom stereocenters. The van der Waals surface area contributed by atoms with Crippen LogP contribution in [0.3, 0.4) is 0 Å². The minimum Gasteiger partial charge on any atom is -0.486 e. The molecule has 0 saturated carbocycles. The first-order valence-electron chi connectivity index (χ1n) is 10.8. The molecule has 1 saturated heterocycles. The van der Waals surface area contributed by atoms with Crippen molar-refractivity contribution in [1.29, 1.82) is 0 Å². The van der Waals surface area contributed by atoms with Gasteiger partial charge in [0.2, 0.25) is 11.8 Å². The van der Waals surface area contributed by atoms with Crippen molar-refractivity contribution < 1.29 is 19.1 Å². The molecule has 1 aromatic carbocycles. The molecule has 1 spiro atoms. The number of ether oxygens (including phenoxy) is 1. The van der Waals surface area contributed by atoms with E-state index in [0.29, 0.717) is 43.8 Å². The smallest absolute Gasteiger partial charge is 0.242 e. The maximum Gasteiger partial charge on any atom is 0.242 e. The number of fused-ring (bicyclic) bond motifs is 1. The van der Waals surface area contributed by atoms with E-state index in [4.69, 9.17) is 4.74 Å². The van der Waals surface area contributed by atoms with E-state index in [2.05, 4.69) is 10.4 Å². The summed E-state index contributed by atoms with van der Waals surface area (Å²) in [5.41, 5.74) is 0.833. The van der Waals surface area contributed by atoms with Crippen molar-refractivity contribution in [2.24, 2.45) is 0 Å². The number of Topliss-reactive ketones (excluding diaryl/α,β-unsaturated/α-hetero) is 1. The number of para-hydroxylation sites is 1. The molecule has 2 atom stereocenters. The van der Waals surface area contributed by atoms with Crippen LogP contribution >= 0.6 is 0 Å². The van der Waals surface area contributed by atoms with E-state index in [9.17, 15) is 14.4 Å². The van der Waals surface area contributed by atoms with Crippen LogP contribution in [0.1, 0.15) is 48.7 Å². The van der Waals surface area contributed by atoms with Gasteiger partial charge in [-0.3, -0.25) is 19.1 Å². The van der Waals surface area contributed by atoms with E-state index in [0.717, 1.165) is 5.69 Å². The van der Waals surface area contributed by atoms with Gasteiger partial charge in [-0.15, -0.1) is 0 Å². The van der Waals surface area contributed by atoms with Crippen molar-refractivity contribution in [1.82, 2.24) is 20.0 Å². The Morgan fingerprint density at radius 2 is 2.06 bits per heavy atom. The number of aryl methyl sites for hydroxylation is 1. The Balaban J connectivity index is 1.37. The molecular formula is C23H28N4O4. The highest BCUT2D eigenvalue weighted by Crippen LogP contribution is 2.39. The summed E-state index contributed by atoms with van der Waals surface area (Å²) in [5.74, 6) is 0.345. The zero-order valence-electron chi connectivity index (χ0n) is 18.0. The van der Waals surface area contributed by atoms with Crippen molar-refractivity contribution in [3.05, 3.63) is 47.8 Å². The van der Waals surface area contributed by atoms with Crippen molar-refractivity contribution in [3.63, 3.8) is 0 Å². The van der Waals surface area contributed by atoms with Crippen LogP contribution in [-0.2, 0) is 16.1 Å². The van der Waals surface area contributed by atoms with E-state index in [1.54, 1.807) is 28.6 Å². The van der Waals surface area contributed by atoms with Gasteiger partial charge in [0, 0.05) is 32.1 Å². The van der Waals surface area contributed by atoms with Gasteiger partial charge in [-0.05, 0) is 38.5 Å². The number of aromatic nitrogens is 2. The Morgan fingerprint density at radius 3 is 2.84 bits per heavy atom. The minimum absolute atomic E-state index is 0.0439. The molecule has 2 amide bonds. The Labute approximate surface area is 181 Å². The van der Waals surface area contributed by atoms with Gasteiger partial charge in [-0.25, -0.2) is 0 Å². The molecule has 0 radical (unpaired) electrons. The fourth-order valence-corrected chi connectivity index (χ4v) is 4.35. The average Bonchev–Trinajstić information content (AvgIpc) is 3.10. The quantitative estimate of drug-likeness (QED) is 0.794. The molecular weight excluding hydrogens is 396 g/mol. The molecule has 8 heteroatoms. The Kier molecular flexibility index (Phi) is 5.80. The number of carbonyl (C=O) groups is 3. The van der Waals surface area contributed by atoms with Gasteiger partial charge in [-0.2, -0.15) is 5.10 Å². The second kappa shape index (κ2) is 8.53. The van der Waals surface area contributed by atoms with Gasteiger partial charge in [0.25, 0.3) is 0 Å². The molecule has 1 fully saturated rings. The summed E-state index contributed by atoms with van der Waals surface area (Å²) in [5, 5.41) is 7.19. The van der Waals surface area contributed by atoms with Crippen LogP contribution in [0.25, 0.3) is 0 Å². The molecule has 2 aromatic rings. The largest absolute Gasteiger partial charge is 0.486 e. The number of nitrogens with zero attached hydrogens (tertiary/aromatic N) is 3. The lowest BCUT2D eigenvalue weighted by molar-refractivity contribution is -0.139. The minimum atomic E-state index is -0.690. The molecule has 0 aliphatic carbocycles. The van der Waals surface area contributed by atoms with Crippen LogP contribution in [-0.4, -0.2) is 57.0 Å². The highest BCUT2D eigenvalue weighted by atomic mass is 16.5. The first-order chi connectivity index (χ1) is 14.9. The third-order valence-corrected chi connectivity index (χ3v) is 6.18. The summed E-state index contributed by atoms with van der Waals surface area (Å²) in [6.07, 6.45) is 3.36. The molecule has 1 N–H and O–H groups in total. The lowest BCUT2D eigenvalue weighted by atomic mass is 9.84. The fraction of sp³-hybridized carbons (Fsp3) is 0.478. The molecule has 3 heterocycles. The average molecular weight is 425 g/mol. The summed E-state index contributed by atoms with van der Waals surface area (Å²) in [6.45, 7) is 5.03. The highest BCUT2D eigenvalue weighted by Gasteiger charge is 2.44. The Morgan fingerprint density at radius 1 is 1.26 bits per heavy atom. The predicted octanol–water partition coefficient (Wildman–Crippen LogP) is 2.11. The number of amides is 2. The van der Waals surface area contributed by atoms with Gasteiger partial charge in [-0.1, -0.05) is 12.1 Å². The lowest BCUT2D eigenvalue weighted by Gasteiger charge is -2.37. The van der Waals surface area contributed by atoms with E-state index >= 15 is 0 Å². The van der Waals surface area contributed by atoms with Crippen LogP contribution in [0.15, 0.2) is 36.5 Å². The van der Waals surface area contributed by atoms with E-state index in [1.807, 2.05) is 31.3 Å². The maximum absolute atomic E-state index is 12.8. The summed E-state index contributed by atoms with van der Waals surface area (Å²) >= 11 is 0. The van der Waals surface area contributed by atoms with Crippen LogP contribution in [0, 0.1) is 6.92 Å². The Hall–Kier alpha value is -3.16. The molecule has 0 bridgehead atoms. The standard InChI is InChI=1S/C23H28N4O4/c1-16-8-12-26(25-16)14-11-24-22(30)17(2)27-13-10-23(9-7-21(27)29)15-19(28)18-5-3-4-6-20(18)31-23/h3-6,8,12,17H,7,9-11,13-15H2,1-2H3,(H,24,30)/t17-,23-/m1/s1. The van der Waals surface area contributed by atoms with E-state index in [-0.39, 0.29) is 30.4 Å². The number of rotatable bonds is 5. The maximum atomic E-state index is 12.8. The lowest BCUT2D eigenvalue weighted by Crippen LogP contribution is -2.49. The normalized spacial score (nSPS) is 21.9. The Bertz CT molecular complexity index is 1000. The van der Waals surface area contributed by atoms with Crippen molar-refractivity contribution >= 4 is 17.6 Å². The number of benzene rings is 1. The number of ketones is 1. The number of hydrogen-bond donors (Lipinski definition) is 1. The van der Waals surface area contributed by atoms with Gasteiger partial charge in [0.05, 0.1) is 24.2 Å². The van der Waals surface area contributed by atoms with Crippen LogP contribution in [0.2, 0.25) is 0 Å². The molecule has 4 rings (SSSR count). The van der Waals surface area contributed by atoms with Gasteiger partial charge < -0.3 is 15.0 Å². The fourth-order valence-electron chi connectivity index (χ4n) is 4.35. The molecule has 2 aliphatic heterocycles. The number of carbonyl (C=O) groups excluding carboxylic acids is 3. The van der Waals surface area contributed by atoms with Crippen LogP contribution in [0.5, 0.6) is 5.75 Å². The second-order valence-electron chi connectivity index (χ2n) is 8.41. The first-order valence-corrected chi connectivity index (χ1v) is 10.8. The van der Waals surface area contributed by atoms with E-state index < -0.39 is 11.6 Å². The number of nitrogens with one attached hydrogen (secondary N) is 1. The van der Waals surface area contributed by atoms with Crippen LogP contribution < -0.4 is 10.1 Å². The van der Waals surface area contributed by atoms with E-state index in [1.165, 1.54) is 0 Å². The third-order valence-electron chi connectivity index (χ3n) is 6.18. The number of likely N-dealkylation sites (tertiary alicyclic amines) is 1.